The second-order valence-electron chi connectivity index (χ2n) is 7.54. The number of carbonyl (C=O) groups excluding carboxylic acids is 2. The van der Waals surface area contributed by atoms with Gasteiger partial charge in [-0.3, -0.25) is 9.59 Å². The first kappa shape index (κ1) is 21.8. The van der Waals surface area contributed by atoms with Gasteiger partial charge in [0, 0.05) is 25.3 Å². The van der Waals surface area contributed by atoms with Crippen molar-refractivity contribution in [3.63, 3.8) is 0 Å². The Morgan fingerprint density at radius 2 is 1.77 bits per heavy atom. The average Bonchev–Trinajstić information content (AvgIpc) is 3.28. The van der Waals surface area contributed by atoms with Crippen LogP contribution in [0.1, 0.15) is 36.0 Å². The predicted molar refractivity (Wildman–Crippen MR) is 114 cm³/mol. The van der Waals surface area contributed by atoms with Crippen LogP contribution in [0.25, 0.3) is 0 Å². The summed E-state index contributed by atoms with van der Waals surface area (Å²) in [6, 6.07) is 12.8. The number of amides is 2. The molecule has 2 amide bonds. The molecule has 0 bridgehead atoms. The second-order valence-corrected chi connectivity index (χ2v) is 9.77. The number of carbonyl (C=O) groups is 2. The molecule has 160 valence electrons. The van der Waals surface area contributed by atoms with Crippen LogP contribution in [-0.4, -0.2) is 51.1 Å². The highest BCUT2D eigenvalue weighted by atomic mass is 32.2. The molecule has 2 aromatic rings. The fourth-order valence-electron chi connectivity index (χ4n) is 3.35. The zero-order valence-corrected chi connectivity index (χ0v) is 17.9. The van der Waals surface area contributed by atoms with Crippen molar-refractivity contribution in [2.45, 2.75) is 35.8 Å². The van der Waals surface area contributed by atoms with E-state index in [9.17, 15) is 18.0 Å². The van der Waals surface area contributed by atoms with E-state index in [0.717, 1.165) is 12.8 Å². The van der Waals surface area contributed by atoms with Gasteiger partial charge in [-0.15, -0.1) is 0 Å². The number of hydrogen-bond acceptors (Lipinski definition) is 5. The monoisotopic (exact) mass is 430 g/mol. The van der Waals surface area contributed by atoms with Crippen LogP contribution in [0.5, 0.6) is 5.75 Å². The van der Waals surface area contributed by atoms with Crippen molar-refractivity contribution >= 4 is 27.3 Å². The van der Waals surface area contributed by atoms with Crippen molar-refractivity contribution in [2.75, 3.05) is 26.0 Å². The molecular formula is C22H26N2O5S. The van der Waals surface area contributed by atoms with Gasteiger partial charge in [0.1, 0.15) is 5.75 Å². The van der Waals surface area contributed by atoms with E-state index in [1.165, 1.54) is 17.0 Å². The lowest BCUT2D eigenvalue weighted by molar-refractivity contribution is -0.130. The van der Waals surface area contributed by atoms with Crippen molar-refractivity contribution in [3.05, 3.63) is 54.1 Å². The summed E-state index contributed by atoms with van der Waals surface area (Å²) in [5.74, 6) is -0.185. The normalized spacial score (nSPS) is 14.3. The highest BCUT2D eigenvalue weighted by Crippen LogP contribution is 2.30. The fourth-order valence-corrected chi connectivity index (χ4v) is 5.24. The summed E-state index contributed by atoms with van der Waals surface area (Å²) in [5, 5.41) is 2.39. The third-order valence-electron chi connectivity index (χ3n) is 5.12. The molecule has 0 radical (unpaired) electrons. The Kier molecular flexibility index (Phi) is 6.77. The molecule has 0 atom stereocenters. The molecule has 0 heterocycles. The van der Waals surface area contributed by atoms with Gasteiger partial charge in [-0.25, -0.2) is 8.42 Å². The summed E-state index contributed by atoms with van der Waals surface area (Å²) < 4.78 is 31.0. The Morgan fingerprint density at radius 3 is 2.47 bits per heavy atom. The smallest absolute Gasteiger partial charge is 0.259 e. The van der Waals surface area contributed by atoms with Crippen LogP contribution in [-0.2, 0) is 14.6 Å². The Balaban J connectivity index is 1.70. The minimum atomic E-state index is -3.40. The van der Waals surface area contributed by atoms with Crippen LogP contribution < -0.4 is 10.1 Å². The zero-order valence-electron chi connectivity index (χ0n) is 17.1. The number of likely N-dealkylation sites (N-methyl/N-ethyl adjacent to an activating group) is 1. The van der Waals surface area contributed by atoms with Crippen molar-refractivity contribution in [1.29, 1.82) is 0 Å². The lowest BCUT2D eigenvalue weighted by Crippen LogP contribution is -2.27. The number of nitrogens with one attached hydrogen (secondary N) is 1. The molecule has 30 heavy (non-hydrogen) atoms. The molecule has 0 aliphatic heterocycles. The SMILES string of the molecule is CN(C)C(=O)COc1cccc(C(=O)Nc2cccc(S(=O)(=O)C3CCCC3)c2)c1. The van der Waals surface area contributed by atoms with Gasteiger partial charge in [0.2, 0.25) is 0 Å². The van der Waals surface area contributed by atoms with E-state index >= 15 is 0 Å². The van der Waals surface area contributed by atoms with Crippen molar-refractivity contribution < 1.29 is 22.7 Å². The van der Waals surface area contributed by atoms with Gasteiger partial charge in [0.25, 0.3) is 11.8 Å². The quantitative estimate of drug-likeness (QED) is 0.729. The van der Waals surface area contributed by atoms with Gasteiger partial charge in [0.05, 0.1) is 10.1 Å². The molecule has 0 unspecified atom stereocenters. The Labute approximate surface area is 177 Å². The standard InChI is InChI=1S/C22H26N2O5S/c1-24(2)21(25)15-29-18-9-5-7-16(13-18)22(26)23-17-8-6-12-20(14-17)30(27,28)19-10-3-4-11-19/h5-9,12-14,19H,3-4,10-11,15H2,1-2H3,(H,23,26). The largest absolute Gasteiger partial charge is 0.484 e. The summed E-state index contributed by atoms with van der Waals surface area (Å²) in [4.78, 5) is 25.9. The van der Waals surface area contributed by atoms with Gasteiger partial charge in [-0.05, 0) is 49.2 Å². The number of ether oxygens (including phenoxy) is 1. The third-order valence-corrected chi connectivity index (χ3v) is 7.38. The molecule has 1 N–H and O–H groups in total. The lowest BCUT2D eigenvalue weighted by atomic mass is 10.2. The third kappa shape index (κ3) is 5.18. The Bertz CT molecular complexity index is 1030. The number of benzene rings is 2. The maximum atomic E-state index is 12.8. The van der Waals surface area contributed by atoms with Crippen LogP contribution in [0.3, 0.4) is 0 Å². The molecule has 3 rings (SSSR count). The zero-order chi connectivity index (χ0) is 21.7. The van der Waals surface area contributed by atoms with Crippen LogP contribution in [0.4, 0.5) is 5.69 Å². The van der Waals surface area contributed by atoms with Gasteiger partial charge in [-0.1, -0.05) is 25.0 Å². The highest BCUT2D eigenvalue weighted by molar-refractivity contribution is 7.92. The predicted octanol–water partition coefficient (Wildman–Crippen LogP) is 3.12. The number of nitrogens with zero attached hydrogens (tertiary/aromatic N) is 1. The molecule has 0 aromatic heterocycles. The molecule has 0 spiro atoms. The molecular weight excluding hydrogens is 404 g/mol. The van der Waals surface area contributed by atoms with Crippen LogP contribution >= 0.6 is 0 Å². The summed E-state index contributed by atoms with van der Waals surface area (Å²) in [6.45, 7) is -0.126. The topological polar surface area (TPSA) is 92.8 Å². The molecule has 8 heteroatoms. The maximum absolute atomic E-state index is 12.8. The molecule has 1 aliphatic rings. The fraction of sp³-hybridized carbons (Fsp3) is 0.364. The Hall–Kier alpha value is -2.87. The number of rotatable bonds is 7. The lowest BCUT2D eigenvalue weighted by Gasteiger charge is -2.13. The summed E-state index contributed by atoms with van der Waals surface area (Å²) >= 11 is 0. The van der Waals surface area contributed by atoms with Crippen molar-refractivity contribution in [1.82, 2.24) is 4.90 Å². The summed E-state index contributed by atoms with van der Waals surface area (Å²) in [5.41, 5.74) is 0.752. The highest BCUT2D eigenvalue weighted by Gasteiger charge is 2.30. The first-order chi connectivity index (χ1) is 14.3. The van der Waals surface area contributed by atoms with Crippen LogP contribution in [0, 0.1) is 0 Å². The molecule has 1 fully saturated rings. The molecule has 7 nitrogen and oxygen atoms in total. The first-order valence-electron chi connectivity index (χ1n) is 9.86. The molecule has 1 saturated carbocycles. The summed E-state index contributed by atoms with van der Waals surface area (Å²) in [6.07, 6.45) is 3.22. The van der Waals surface area contributed by atoms with Gasteiger partial charge in [0.15, 0.2) is 16.4 Å². The molecule has 0 saturated heterocycles. The van der Waals surface area contributed by atoms with E-state index in [1.54, 1.807) is 50.5 Å². The van der Waals surface area contributed by atoms with Gasteiger partial charge < -0.3 is 15.0 Å². The first-order valence-corrected chi connectivity index (χ1v) is 11.4. The van der Waals surface area contributed by atoms with E-state index in [1.807, 2.05) is 0 Å². The van der Waals surface area contributed by atoms with Crippen molar-refractivity contribution in [3.8, 4) is 5.75 Å². The van der Waals surface area contributed by atoms with E-state index in [2.05, 4.69) is 5.32 Å². The van der Waals surface area contributed by atoms with E-state index in [4.69, 9.17) is 4.74 Å². The number of hydrogen-bond donors (Lipinski definition) is 1. The average molecular weight is 431 g/mol. The van der Waals surface area contributed by atoms with Gasteiger partial charge >= 0.3 is 0 Å². The van der Waals surface area contributed by atoms with E-state index in [-0.39, 0.29) is 22.7 Å². The maximum Gasteiger partial charge on any atom is 0.259 e. The van der Waals surface area contributed by atoms with Crippen molar-refractivity contribution in [2.24, 2.45) is 0 Å². The van der Waals surface area contributed by atoms with Crippen LogP contribution in [0.2, 0.25) is 0 Å². The molecule has 1 aliphatic carbocycles. The minimum absolute atomic E-state index is 0.126. The number of sulfone groups is 1. The number of anilines is 1. The molecule has 2 aromatic carbocycles. The van der Waals surface area contributed by atoms with E-state index in [0.29, 0.717) is 29.8 Å². The van der Waals surface area contributed by atoms with Gasteiger partial charge in [-0.2, -0.15) is 0 Å². The second kappa shape index (κ2) is 9.30. The Morgan fingerprint density at radius 1 is 1.07 bits per heavy atom. The van der Waals surface area contributed by atoms with E-state index < -0.39 is 15.7 Å². The summed E-state index contributed by atoms with van der Waals surface area (Å²) in [7, 11) is -0.127. The van der Waals surface area contributed by atoms with Crippen LogP contribution in [0.15, 0.2) is 53.4 Å². The minimum Gasteiger partial charge on any atom is -0.484 e.